The summed E-state index contributed by atoms with van der Waals surface area (Å²) in [4.78, 5) is 24.1. The number of hydrogen-bond donors (Lipinski definition) is 3. The molecule has 0 radical (unpaired) electrons. The fourth-order valence-corrected chi connectivity index (χ4v) is 1.51. The van der Waals surface area contributed by atoms with Gasteiger partial charge < -0.3 is 20.8 Å². The zero-order valence-corrected chi connectivity index (χ0v) is 11.1. The first-order valence-electron chi connectivity index (χ1n) is 6.39. The minimum Gasteiger partial charge on any atom is -0.380 e. The van der Waals surface area contributed by atoms with Gasteiger partial charge in [-0.15, -0.1) is 0 Å². The Balaban J connectivity index is 4.55. The maximum Gasteiger partial charge on any atom is 0.254 e. The number of nitrogens with two attached hydrogens (primary N) is 1. The molecular formula is C12H24N2O4. The van der Waals surface area contributed by atoms with E-state index in [2.05, 4.69) is 0 Å². The minimum absolute atomic E-state index is 0.512. The predicted octanol–water partition coefficient (Wildman–Crippen LogP) is -0.378. The molecule has 0 aliphatic carbocycles. The molecule has 2 amide bonds. The molecule has 0 heterocycles. The highest BCUT2D eigenvalue weighted by Gasteiger charge is 2.31. The molecule has 0 fully saturated rings. The summed E-state index contributed by atoms with van der Waals surface area (Å²) in [6.45, 7) is 5.02. The van der Waals surface area contributed by atoms with Crippen molar-refractivity contribution in [3.05, 3.63) is 0 Å². The van der Waals surface area contributed by atoms with E-state index < -0.39 is 24.0 Å². The van der Waals surface area contributed by atoms with Crippen molar-refractivity contribution in [2.24, 2.45) is 5.73 Å². The molecule has 0 aromatic carbocycles. The van der Waals surface area contributed by atoms with E-state index in [0.29, 0.717) is 13.1 Å². The number of aliphatic hydroxyl groups is 2. The van der Waals surface area contributed by atoms with Crippen molar-refractivity contribution < 1.29 is 19.8 Å². The number of carbonyl (C=O) groups excluding carboxylic acids is 2. The van der Waals surface area contributed by atoms with Crippen molar-refractivity contribution >= 4 is 11.8 Å². The summed E-state index contributed by atoms with van der Waals surface area (Å²) in [5, 5.41) is 18.9. The van der Waals surface area contributed by atoms with Gasteiger partial charge in [-0.1, -0.05) is 26.7 Å². The van der Waals surface area contributed by atoms with Gasteiger partial charge in [-0.25, -0.2) is 0 Å². The van der Waals surface area contributed by atoms with Gasteiger partial charge >= 0.3 is 0 Å². The number of unbranched alkanes of at least 4 members (excludes halogenated alkanes) is 2. The van der Waals surface area contributed by atoms with E-state index in [1.165, 1.54) is 4.90 Å². The number of primary amides is 1. The van der Waals surface area contributed by atoms with Crippen molar-refractivity contribution in [1.82, 2.24) is 4.90 Å². The second-order valence-corrected chi connectivity index (χ2v) is 4.32. The maximum absolute atomic E-state index is 11.9. The van der Waals surface area contributed by atoms with E-state index in [1.807, 2.05) is 13.8 Å². The molecule has 6 heteroatoms. The SMILES string of the molecule is CCCCN(CCCC)C(=O)C(O)C(O)C(N)=O. The molecule has 0 aromatic heterocycles. The molecule has 0 aromatic rings. The second-order valence-electron chi connectivity index (χ2n) is 4.32. The Morgan fingerprint density at radius 2 is 1.50 bits per heavy atom. The third-order valence-electron chi connectivity index (χ3n) is 2.72. The van der Waals surface area contributed by atoms with Crippen LogP contribution in [0.2, 0.25) is 0 Å². The molecule has 0 aliphatic rings. The Labute approximate surface area is 108 Å². The lowest BCUT2D eigenvalue weighted by Gasteiger charge is -2.26. The molecule has 106 valence electrons. The Hall–Kier alpha value is -1.14. The highest BCUT2D eigenvalue weighted by Crippen LogP contribution is 2.05. The van der Waals surface area contributed by atoms with E-state index in [1.54, 1.807) is 0 Å². The number of rotatable bonds is 9. The largest absolute Gasteiger partial charge is 0.380 e. The normalized spacial score (nSPS) is 14.0. The lowest BCUT2D eigenvalue weighted by molar-refractivity contribution is -0.152. The number of amides is 2. The lowest BCUT2D eigenvalue weighted by Crippen LogP contribution is -2.50. The van der Waals surface area contributed by atoms with Crippen molar-refractivity contribution in [1.29, 1.82) is 0 Å². The van der Waals surface area contributed by atoms with Crippen LogP contribution in [-0.2, 0) is 9.59 Å². The van der Waals surface area contributed by atoms with Crippen LogP contribution in [0.3, 0.4) is 0 Å². The first kappa shape index (κ1) is 16.9. The molecule has 0 spiro atoms. The summed E-state index contributed by atoms with van der Waals surface area (Å²) in [7, 11) is 0. The number of carbonyl (C=O) groups is 2. The van der Waals surface area contributed by atoms with Gasteiger partial charge in [-0.05, 0) is 12.8 Å². The summed E-state index contributed by atoms with van der Waals surface area (Å²) in [6.07, 6.45) is -0.141. The van der Waals surface area contributed by atoms with Crippen LogP contribution in [-0.4, -0.2) is 52.2 Å². The summed E-state index contributed by atoms with van der Waals surface area (Å²) in [6, 6.07) is 0. The molecule has 0 bridgehead atoms. The van der Waals surface area contributed by atoms with Crippen molar-refractivity contribution in [3.8, 4) is 0 Å². The van der Waals surface area contributed by atoms with Gasteiger partial charge in [-0.3, -0.25) is 9.59 Å². The fourth-order valence-electron chi connectivity index (χ4n) is 1.51. The van der Waals surface area contributed by atoms with Gasteiger partial charge in [-0.2, -0.15) is 0 Å². The van der Waals surface area contributed by atoms with Crippen LogP contribution in [0.1, 0.15) is 39.5 Å². The van der Waals surface area contributed by atoms with E-state index in [9.17, 15) is 19.8 Å². The van der Waals surface area contributed by atoms with Gasteiger partial charge in [0, 0.05) is 13.1 Å². The summed E-state index contributed by atoms with van der Waals surface area (Å²) in [5.74, 6) is -1.73. The first-order chi connectivity index (χ1) is 8.45. The van der Waals surface area contributed by atoms with Crippen LogP contribution < -0.4 is 5.73 Å². The zero-order chi connectivity index (χ0) is 14.1. The van der Waals surface area contributed by atoms with Crippen molar-refractivity contribution in [2.75, 3.05) is 13.1 Å². The Morgan fingerprint density at radius 3 is 1.83 bits per heavy atom. The summed E-state index contributed by atoms with van der Waals surface area (Å²) in [5.41, 5.74) is 4.86. The molecule has 0 aliphatic heterocycles. The summed E-state index contributed by atoms with van der Waals surface area (Å²) < 4.78 is 0. The molecule has 0 saturated heterocycles. The average molecular weight is 260 g/mol. The van der Waals surface area contributed by atoms with E-state index in [0.717, 1.165) is 25.7 Å². The molecule has 2 unspecified atom stereocenters. The first-order valence-corrected chi connectivity index (χ1v) is 6.39. The monoisotopic (exact) mass is 260 g/mol. The van der Waals surface area contributed by atoms with Gasteiger partial charge in [0.1, 0.15) is 0 Å². The van der Waals surface area contributed by atoms with Crippen LogP contribution in [0.5, 0.6) is 0 Å². The van der Waals surface area contributed by atoms with Crippen LogP contribution in [0, 0.1) is 0 Å². The number of hydrogen-bond acceptors (Lipinski definition) is 4. The average Bonchev–Trinajstić information content (AvgIpc) is 2.36. The van der Waals surface area contributed by atoms with Crippen molar-refractivity contribution in [2.45, 2.75) is 51.7 Å². The molecule has 0 saturated carbocycles. The standard InChI is InChI=1S/C12H24N2O4/c1-3-5-7-14(8-6-4-2)12(18)10(16)9(15)11(13)17/h9-10,15-16H,3-8H2,1-2H3,(H2,13,17). The third kappa shape index (κ3) is 5.46. The smallest absolute Gasteiger partial charge is 0.254 e. The van der Waals surface area contributed by atoms with Crippen LogP contribution >= 0.6 is 0 Å². The van der Waals surface area contributed by atoms with Gasteiger partial charge in [0.25, 0.3) is 5.91 Å². The van der Waals surface area contributed by atoms with Crippen LogP contribution in [0.4, 0.5) is 0 Å². The molecule has 4 N–H and O–H groups in total. The topological polar surface area (TPSA) is 104 Å². The molecule has 6 nitrogen and oxygen atoms in total. The maximum atomic E-state index is 11.9. The van der Waals surface area contributed by atoms with Gasteiger partial charge in [0.15, 0.2) is 12.2 Å². The quantitative estimate of drug-likeness (QED) is 0.525. The lowest BCUT2D eigenvalue weighted by atomic mass is 10.1. The highest BCUT2D eigenvalue weighted by molar-refractivity contribution is 5.89. The molecule has 2 atom stereocenters. The molecular weight excluding hydrogens is 236 g/mol. The highest BCUT2D eigenvalue weighted by atomic mass is 16.3. The van der Waals surface area contributed by atoms with E-state index in [-0.39, 0.29) is 0 Å². The minimum atomic E-state index is -1.84. The Kier molecular flexibility index (Phi) is 8.32. The van der Waals surface area contributed by atoms with Crippen molar-refractivity contribution in [3.63, 3.8) is 0 Å². The second kappa shape index (κ2) is 8.88. The fraction of sp³-hybridized carbons (Fsp3) is 0.833. The number of aliphatic hydroxyl groups excluding tert-OH is 2. The third-order valence-corrected chi connectivity index (χ3v) is 2.72. The Morgan fingerprint density at radius 1 is 1.06 bits per heavy atom. The van der Waals surface area contributed by atoms with Gasteiger partial charge in [0.2, 0.25) is 5.91 Å². The Bertz CT molecular complexity index is 263. The molecule has 18 heavy (non-hydrogen) atoms. The van der Waals surface area contributed by atoms with E-state index >= 15 is 0 Å². The predicted molar refractivity (Wildman–Crippen MR) is 67.6 cm³/mol. The summed E-state index contributed by atoms with van der Waals surface area (Å²) >= 11 is 0. The van der Waals surface area contributed by atoms with Crippen LogP contribution in [0.15, 0.2) is 0 Å². The van der Waals surface area contributed by atoms with E-state index in [4.69, 9.17) is 5.73 Å². The molecule has 0 rings (SSSR count). The van der Waals surface area contributed by atoms with Gasteiger partial charge in [0.05, 0.1) is 0 Å². The number of nitrogens with zero attached hydrogens (tertiary/aromatic N) is 1. The van der Waals surface area contributed by atoms with Crippen LogP contribution in [0.25, 0.3) is 0 Å². The zero-order valence-electron chi connectivity index (χ0n) is 11.1.